The second-order valence-corrected chi connectivity index (χ2v) is 6.38. The van der Waals surface area contributed by atoms with Gasteiger partial charge in [0.2, 0.25) is 5.91 Å². The van der Waals surface area contributed by atoms with E-state index >= 15 is 0 Å². The minimum atomic E-state index is -0.124. The molecule has 0 aliphatic carbocycles. The Morgan fingerprint density at radius 2 is 1.96 bits per heavy atom. The number of carbonyl (C=O) groups is 1. The van der Waals surface area contributed by atoms with Crippen LogP contribution in [0.25, 0.3) is 0 Å². The molecular formula is C19H19ClN4O. The first-order chi connectivity index (χ1) is 12.1. The van der Waals surface area contributed by atoms with Crippen LogP contribution in [0.15, 0.2) is 48.5 Å². The lowest BCUT2D eigenvalue weighted by Gasteiger charge is -2.04. The van der Waals surface area contributed by atoms with E-state index in [0.29, 0.717) is 23.8 Å². The molecule has 3 rings (SSSR count). The number of hydrogen-bond acceptors (Lipinski definition) is 3. The van der Waals surface area contributed by atoms with Crippen LogP contribution in [0, 0.1) is 6.92 Å². The molecule has 1 amide bonds. The van der Waals surface area contributed by atoms with Crippen molar-refractivity contribution in [1.82, 2.24) is 20.5 Å². The zero-order valence-corrected chi connectivity index (χ0v) is 14.7. The molecule has 2 aromatic carbocycles. The molecule has 5 nitrogen and oxygen atoms in total. The van der Waals surface area contributed by atoms with E-state index in [1.807, 2.05) is 30.3 Å². The molecule has 128 valence electrons. The largest absolute Gasteiger partial charge is 0.352 e. The van der Waals surface area contributed by atoms with Crippen LogP contribution in [0.4, 0.5) is 0 Å². The summed E-state index contributed by atoms with van der Waals surface area (Å²) >= 11 is 5.93. The molecule has 3 aromatic rings. The molecule has 0 bridgehead atoms. The van der Waals surface area contributed by atoms with Gasteiger partial charge in [0.25, 0.3) is 0 Å². The van der Waals surface area contributed by atoms with Crippen molar-refractivity contribution in [2.75, 3.05) is 0 Å². The Morgan fingerprint density at radius 3 is 2.76 bits per heavy atom. The van der Waals surface area contributed by atoms with Crippen molar-refractivity contribution in [3.05, 3.63) is 81.9 Å². The molecule has 0 unspecified atom stereocenters. The number of aromatic amines is 1. The molecule has 1 heterocycles. The van der Waals surface area contributed by atoms with Gasteiger partial charge in [-0.2, -0.15) is 5.10 Å². The molecule has 6 heteroatoms. The summed E-state index contributed by atoms with van der Waals surface area (Å²) in [5.74, 6) is 1.12. The van der Waals surface area contributed by atoms with Gasteiger partial charge in [0.15, 0.2) is 5.82 Å². The van der Waals surface area contributed by atoms with Crippen molar-refractivity contribution in [2.24, 2.45) is 0 Å². The van der Waals surface area contributed by atoms with Crippen LogP contribution in [0.5, 0.6) is 0 Å². The second-order valence-electron chi connectivity index (χ2n) is 5.95. The Labute approximate surface area is 151 Å². The molecule has 1 aromatic heterocycles. The van der Waals surface area contributed by atoms with Crippen LogP contribution >= 0.6 is 11.6 Å². The van der Waals surface area contributed by atoms with Gasteiger partial charge in [0, 0.05) is 18.0 Å². The molecular weight excluding hydrogens is 336 g/mol. The predicted molar refractivity (Wildman–Crippen MR) is 97.4 cm³/mol. The van der Waals surface area contributed by atoms with Crippen molar-refractivity contribution in [2.45, 2.75) is 26.3 Å². The maximum Gasteiger partial charge on any atom is 0.228 e. The highest BCUT2D eigenvalue weighted by Crippen LogP contribution is 2.11. The molecule has 0 spiro atoms. The van der Waals surface area contributed by atoms with Crippen LogP contribution in [-0.4, -0.2) is 21.1 Å². The van der Waals surface area contributed by atoms with Crippen LogP contribution < -0.4 is 5.32 Å². The molecule has 0 atom stereocenters. The van der Waals surface area contributed by atoms with E-state index in [2.05, 4.69) is 39.6 Å². The molecule has 0 aliphatic rings. The van der Waals surface area contributed by atoms with Gasteiger partial charge in [-0.1, -0.05) is 53.6 Å². The van der Waals surface area contributed by atoms with Gasteiger partial charge < -0.3 is 5.32 Å². The monoisotopic (exact) mass is 354 g/mol. The number of benzene rings is 2. The van der Waals surface area contributed by atoms with E-state index in [1.165, 1.54) is 5.56 Å². The van der Waals surface area contributed by atoms with E-state index in [0.717, 1.165) is 17.0 Å². The molecule has 2 N–H and O–H groups in total. The zero-order chi connectivity index (χ0) is 17.6. The number of carbonyl (C=O) groups excluding carboxylic acids is 1. The lowest BCUT2D eigenvalue weighted by atomic mass is 10.1. The topological polar surface area (TPSA) is 70.7 Å². The van der Waals surface area contributed by atoms with Gasteiger partial charge in [0.1, 0.15) is 5.82 Å². The Kier molecular flexibility index (Phi) is 5.46. The molecule has 0 saturated heterocycles. The maximum absolute atomic E-state index is 12.0. The van der Waals surface area contributed by atoms with Crippen molar-refractivity contribution >= 4 is 17.5 Å². The fourth-order valence-electron chi connectivity index (χ4n) is 2.56. The third-order valence-electron chi connectivity index (χ3n) is 3.73. The minimum Gasteiger partial charge on any atom is -0.352 e. The summed E-state index contributed by atoms with van der Waals surface area (Å²) in [7, 11) is 0. The van der Waals surface area contributed by atoms with Gasteiger partial charge in [-0.25, -0.2) is 4.98 Å². The molecule has 0 saturated carbocycles. The summed E-state index contributed by atoms with van der Waals surface area (Å²) in [5, 5.41) is 10.5. The van der Waals surface area contributed by atoms with Crippen LogP contribution in [0.3, 0.4) is 0 Å². The summed E-state index contributed by atoms with van der Waals surface area (Å²) in [6.45, 7) is 2.49. The van der Waals surface area contributed by atoms with Crippen LogP contribution in [0.2, 0.25) is 5.02 Å². The second kappa shape index (κ2) is 7.94. The quantitative estimate of drug-likeness (QED) is 0.714. The highest BCUT2D eigenvalue weighted by molar-refractivity contribution is 6.30. The minimum absolute atomic E-state index is 0.124. The first-order valence-electron chi connectivity index (χ1n) is 8.05. The Bertz CT molecular complexity index is 875. The third-order valence-corrected chi connectivity index (χ3v) is 3.96. The fourth-order valence-corrected chi connectivity index (χ4v) is 2.77. The maximum atomic E-state index is 12.0. The third kappa shape index (κ3) is 5.16. The smallest absolute Gasteiger partial charge is 0.228 e. The first kappa shape index (κ1) is 17.2. The SMILES string of the molecule is Cc1cccc(Cc2nc(CC(=O)NCc3cccc(Cl)c3)n[nH]2)c1. The Morgan fingerprint density at radius 1 is 1.16 bits per heavy atom. The number of amides is 1. The number of halogens is 1. The lowest BCUT2D eigenvalue weighted by molar-refractivity contribution is -0.120. The molecule has 0 fully saturated rings. The highest BCUT2D eigenvalue weighted by atomic mass is 35.5. The van der Waals surface area contributed by atoms with E-state index in [1.54, 1.807) is 6.07 Å². The number of nitrogens with zero attached hydrogens (tertiary/aromatic N) is 2. The molecule has 25 heavy (non-hydrogen) atoms. The summed E-state index contributed by atoms with van der Waals surface area (Å²) in [5.41, 5.74) is 3.32. The number of nitrogens with one attached hydrogen (secondary N) is 2. The van der Waals surface area contributed by atoms with Crippen molar-refractivity contribution < 1.29 is 4.79 Å². The number of aryl methyl sites for hydroxylation is 1. The van der Waals surface area contributed by atoms with E-state index in [4.69, 9.17) is 11.6 Å². The molecule has 0 radical (unpaired) electrons. The summed E-state index contributed by atoms with van der Waals surface area (Å²) in [6.07, 6.45) is 0.809. The summed E-state index contributed by atoms with van der Waals surface area (Å²) in [4.78, 5) is 16.4. The van der Waals surface area contributed by atoms with Gasteiger partial charge in [-0.3, -0.25) is 9.89 Å². The first-order valence-corrected chi connectivity index (χ1v) is 8.43. The van der Waals surface area contributed by atoms with Crippen molar-refractivity contribution in [1.29, 1.82) is 0 Å². The Balaban J connectivity index is 1.53. The number of H-pyrrole nitrogens is 1. The highest BCUT2D eigenvalue weighted by Gasteiger charge is 2.09. The van der Waals surface area contributed by atoms with Crippen LogP contribution in [-0.2, 0) is 24.2 Å². The summed E-state index contributed by atoms with van der Waals surface area (Å²) in [6, 6.07) is 15.6. The zero-order valence-electron chi connectivity index (χ0n) is 13.9. The fraction of sp³-hybridized carbons (Fsp3) is 0.211. The summed E-state index contributed by atoms with van der Waals surface area (Å²) < 4.78 is 0. The normalized spacial score (nSPS) is 10.6. The predicted octanol–water partition coefficient (Wildman–Crippen LogP) is 3.22. The number of hydrogen-bond donors (Lipinski definition) is 2. The van der Waals surface area contributed by atoms with E-state index in [9.17, 15) is 4.79 Å². The van der Waals surface area contributed by atoms with Crippen molar-refractivity contribution in [3.63, 3.8) is 0 Å². The number of aromatic nitrogens is 3. The van der Waals surface area contributed by atoms with Crippen LogP contribution in [0.1, 0.15) is 28.3 Å². The van der Waals surface area contributed by atoms with E-state index < -0.39 is 0 Å². The average Bonchev–Trinajstić information content (AvgIpc) is 3.00. The number of rotatable bonds is 6. The lowest BCUT2D eigenvalue weighted by Crippen LogP contribution is -2.25. The Hall–Kier alpha value is -2.66. The van der Waals surface area contributed by atoms with Crippen molar-refractivity contribution in [3.8, 4) is 0 Å². The van der Waals surface area contributed by atoms with Gasteiger partial charge in [-0.05, 0) is 30.2 Å². The van der Waals surface area contributed by atoms with Gasteiger partial charge >= 0.3 is 0 Å². The standard InChI is InChI=1S/C19H19ClN4O/c1-13-4-2-5-14(8-13)10-17-22-18(24-23-17)11-19(25)21-12-15-6-3-7-16(20)9-15/h2-9H,10-12H2,1H3,(H,21,25)(H,22,23,24). The van der Waals surface area contributed by atoms with Gasteiger partial charge in [-0.15, -0.1) is 0 Å². The van der Waals surface area contributed by atoms with Gasteiger partial charge in [0.05, 0.1) is 6.42 Å². The average molecular weight is 355 g/mol. The van der Waals surface area contributed by atoms with E-state index in [-0.39, 0.29) is 12.3 Å². The molecule has 0 aliphatic heterocycles.